The van der Waals surface area contributed by atoms with Crippen molar-refractivity contribution in [1.29, 1.82) is 0 Å². The van der Waals surface area contributed by atoms with Crippen molar-refractivity contribution in [2.75, 3.05) is 0 Å². The quantitative estimate of drug-likeness (QED) is 0.566. The third-order valence-corrected chi connectivity index (χ3v) is 2.52. The van der Waals surface area contributed by atoms with Crippen LogP contribution in [0.3, 0.4) is 0 Å². The molecule has 0 heterocycles. The lowest BCUT2D eigenvalue weighted by atomic mass is 9.99. The molecule has 0 spiro atoms. The van der Waals surface area contributed by atoms with E-state index in [-0.39, 0.29) is 5.92 Å². The molecule has 0 amide bonds. The predicted octanol–water partition coefficient (Wildman–Crippen LogP) is 2.85. The van der Waals surface area contributed by atoms with Crippen molar-refractivity contribution in [3.05, 3.63) is 0 Å². The van der Waals surface area contributed by atoms with E-state index in [1.54, 1.807) is 0 Å². The van der Waals surface area contributed by atoms with Crippen LogP contribution in [0.5, 0.6) is 0 Å². The molecule has 0 aromatic rings. The Morgan fingerprint density at radius 3 is 1.73 bits per heavy atom. The van der Waals surface area contributed by atoms with Crippen molar-refractivity contribution in [1.82, 2.24) is 0 Å². The molecule has 0 aromatic heterocycles. The molecule has 1 aliphatic rings. The van der Waals surface area contributed by atoms with Crippen LogP contribution in [0.25, 0.3) is 0 Å². The highest BCUT2D eigenvalue weighted by molar-refractivity contribution is 5.54. The van der Waals surface area contributed by atoms with E-state index in [1.807, 2.05) is 0 Å². The Balaban J connectivity index is 2.24. The van der Waals surface area contributed by atoms with Gasteiger partial charge in [0.05, 0.1) is 0 Å². The van der Waals surface area contributed by atoms with E-state index in [1.165, 1.54) is 38.5 Å². The van der Waals surface area contributed by atoms with Gasteiger partial charge in [-0.05, 0) is 12.8 Å². The van der Waals surface area contributed by atoms with Gasteiger partial charge in [0.15, 0.2) is 0 Å². The smallest absolute Gasteiger partial charge is 0.201 e. The molecule has 1 nitrogen and oxygen atoms in total. The molecular weight excluding hydrogens is 136 g/mol. The molecule has 1 fully saturated rings. The van der Waals surface area contributed by atoms with Gasteiger partial charge in [0.25, 0.3) is 0 Å². The summed E-state index contributed by atoms with van der Waals surface area (Å²) >= 11 is 0. The van der Waals surface area contributed by atoms with Gasteiger partial charge in [-0.3, -0.25) is 4.79 Å². The molecule has 0 unspecified atom stereocenters. The lowest BCUT2D eigenvalue weighted by Crippen LogP contribution is -2.00. The summed E-state index contributed by atoms with van der Waals surface area (Å²) in [5.74, 6) is 0.257. The third kappa shape index (κ3) is 3.54. The van der Waals surface area contributed by atoms with Gasteiger partial charge in [0, 0.05) is 5.92 Å². The third-order valence-electron chi connectivity index (χ3n) is 2.52. The van der Waals surface area contributed by atoms with E-state index in [9.17, 15) is 4.79 Å². The van der Waals surface area contributed by atoms with Crippen LogP contribution in [0, 0.1) is 5.92 Å². The van der Waals surface area contributed by atoms with Crippen molar-refractivity contribution in [3.63, 3.8) is 0 Å². The van der Waals surface area contributed by atoms with Crippen molar-refractivity contribution in [3.8, 4) is 0 Å². The van der Waals surface area contributed by atoms with Crippen LogP contribution >= 0.6 is 0 Å². The van der Waals surface area contributed by atoms with Gasteiger partial charge in [-0.1, -0.05) is 38.5 Å². The molecule has 0 N–H and O–H groups in total. The molecule has 1 saturated carbocycles. The summed E-state index contributed by atoms with van der Waals surface area (Å²) in [7, 11) is 0. The zero-order chi connectivity index (χ0) is 7.94. The Morgan fingerprint density at radius 2 is 1.27 bits per heavy atom. The zero-order valence-corrected chi connectivity index (χ0v) is 7.14. The molecule has 1 aliphatic carbocycles. The Kier molecular flexibility index (Phi) is 4.25. The SMILES string of the molecule is O=[C]C1CCCCCCCC1. The van der Waals surface area contributed by atoms with Crippen molar-refractivity contribution in [2.45, 2.75) is 51.4 Å². The fourth-order valence-corrected chi connectivity index (χ4v) is 1.75. The molecule has 11 heavy (non-hydrogen) atoms. The molecule has 63 valence electrons. The Hall–Kier alpha value is -0.330. The largest absolute Gasteiger partial charge is 0.291 e. The number of hydrogen-bond acceptors (Lipinski definition) is 1. The molecule has 0 aliphatic heterocycles. The minimum Gasteiger partial charge on any atom is -0.291 e. The van der Waals surface area contributed by atoms with Crippen LogP contribution in [-0.4, -0.2) is 6.29 Å². The van der Waals surface area contributed by atoms with Gasteiger partial charge in [-0.2, -0.15) is 0 Å². The number of hydrogen-bond donors (Lipinski definition) is 0. The molecule has 1 radical (unpaired) electrons. The van der Waals surface area contributed by atoms with Crippen LogP contribution in [0.15, 0.2) is 0 Å². The number of carbonyl (C=O) groups excluding carboxylic acids is 1. The molecule has 0 atom stereocenters. The molecule has 1 rings (SSSR count). The maximum Gasteiger partial charge on any atom is 0.201 e. The molecule has 1 heteroatoms. The summed E-state index contributed by atoms with van der Waals surface area (Å²) in [6, 6.07) is 0. The van der Waals surface area contributed by atoms with E-state index < -0.39 is 0 Å². The van der Waals surface area contributed by atoms with Gasteiger partial charge < -0.3 is 0 Å². The fourth-order valence-electron chi connectivity index (χ4n) is 1.75. The van der Waals surface area contributed by atoms with Crippen molar-refractivity contribution < 1.29 is 4.79 Å². The summed E-state index contributed by atoms with van der Waals surface area (Å²) in [5, 5.41) is 0. The lowest BCUT2D eigenvalue weighted by Gasteiger charge is -2.04. The maximum atomic E-state index is 10.4. The summed E-state index contributed by atoms with van der Waals surface area (Å²) in [6.45, 7) is 0. The maximum absolute atomic E-state index is 10.4. The van der Waals surface area contributed by atoms with Crippen LogP contribution in [0.2, 0.25) is 0 Å². The van der Waals surface area contributed by atoms with Crippen LogP contribution in [0.1, 0.15) is 51.4 Å². The normalized spacial score (nSPS) is 23.3. The molecule has 0 saturated heterocycles. The first-order valence-electron chi connectivity index (χ1n) is 4.81. The zero-order valence-electron chi connectivity index (χ0n) is 7.14. The summed E-state index contributed by atoms with van der Waals surface area (Å²) in [6.07, 6.45) is 12.2. The topological polar surface area (TPSA) is 17.1 Å². The Labute approximate surface area is 69.2 Å². The van der Waals surface area contributed by atoms with Crippen LogP contribution < -0.4 is 0 Å². The average molecular weight is 153 g/mol. The molecule has 0 bridgehead atoms. The van der Waals surface area contributed by atoms with Gasteiger partial charge in [0.2, 0.25) is 6.29 Å². The summed E-state index contributed by atoms with van der Waals surface area (Å²) < 4.78 is 0. The second-order valence-corrected chi connectivity index (χ2v) is 3.51. The minimum absolute atomic E-state index is 0.257. The fraction of sp³-hybridized carbons (Fsp3) is 0.900. The first kappa shape index (κ1) is 8.76. The highest BCUT2D eigenvalue weighted by atomic mass is 16.1. The van der Waals surface area contributed by atoms with Crippen molar-refractivity contribution >= 4 is 6.29 Å². The van der Waals surface area contributed by atoms with Crippen LogP contribution in [-0.2, 0) is 4.79 Å². The van der Waals surface area contributed by atoms with Gasteiger partial charge in [-0.15, -0.1) is 0 Å². The molecule has 0 aromatic carbocycles. The predicted molar refractivity (Wildman–Crippen MR) is 46.1 cm³/mol. The monoisotopic (exact) mass is 153 g/mol. The first-order valence-corrected chi connectivity index (χ1v) is 4.81. The summed E-state index contributed by atoms with van der Waals surface area (Å²) in [4.78, 5) is 10.4. The van der Waals surface area contributed by atoms with E-state index >= 15 is 0 Å². The van der Waals surface area contributed by atoms with Gasteiger partial charge >= 0.3 is 0 Å². The van der Waals surface area contributed by atoms with Crippen LogP contribution in [0.4, 0.5) is 0 Å². The van der Waals surface area contributed by atoms with E-state index in [0.29, 0.717) is 0 Å². The Morgan fingerprint density at radius 1 is 0.818 bits per heavy atom. The van der Waals surface area contributed by atoms with E-state index in [4.69, 9.17) is 0 Å². The minimum atomic E-state index is 0.257. The molecular formula is C10H17O. The average Bonchev–Trinajstić information content (AvgIpc) is 2.16. The van der Waals surface area contributed by atoms with Crippen molar-refractivity contribution in [2.24, 2.45) is 5.92 Å². The van der Waals surface area contributed by atoms with Gasteiger partial charge in [-0.25, -0.2) is 0 Å². The lowest BCUT2D eigenvalue weighted by molar-refractivity contribution is 0.475. The van der Waals surface area contributed by atoms with Gasteiger partial charge in [0.1, 0.15) is 0 Å². The summed E-state index contributed by atoms with van der Waals surface area (Å²) in [5.41, 5.74) is 0. The highest BCUT2D eigenvalue weighted by Gasteiger charge is 2.09. The second-order valence-electron chi connectivity index (χ2n) is 3.51. The standard InChI is InChI=1S/C10H17O/c11-9-10-7-5-3-1-2-4-6-8-10/h10H,1-8H2. The highest BCUT2D eigenvalue weighted by Crippen LogP contribution is 2.19. The van der Waals surface area contributed by atoms with E-state index in [2.05, 4.69) is 6.29 Å². The van der Waals surface area contributed by atoms with E-state index in [0.717, 1.165) is 12.8 Å². The first-order chi connectivity index (χ1) is 5.43. The Bertz CT molecular complexity index is 99.4. The second kappa shape index (κ2) is 5.34. The number of rotatable bonds is 1.